The first-order chi connectivity index (χ1) is 16.5. The van der Waals surface area contributed by atoms with Crippen molar-refractivity contribution in [3.05, 3.63) is 76.5 Å². The highest BCUT2D eigenvalue weighted by atomic mass is 16.5. The van der Waals surface area contributed by atoms with Gasteiger partial charge in [0.25, 0.3) is 5.91 Å². The Labute approximate surface area is 197 Å². The Balaban J connectivity index is 1.73. The van der Waals surface area contributed by atoms with E-state index in [1.807, 2.05) is 24.3 Å². The third-order valence-corrected chi connectivity index (χ3v) is 6.06. The second kappa shape index (κ2) is 10.0. The van der Waals surface area contributed by atoms with Crippen LogP contribution in [0.4, 0.5) is 0 Å². The van der Waals surface area contributed by atoms with E-state index in [0.717, 1.165) is 16.7 Å². The number of nitrogens with zero attached hydrogens (tertiary/aromatic N) is 2. The second-order valence-electron chi connectivity index (χ2n) is 8.03. The number of methoxy groups -OCH3 is 2. The van der Waals surface area contributed by atoms with Crippen molar-refractivity contribution in [3.63, 3.8) is 0 Å². The number of Topliss-reactive ketones (excluding diaryl/α,β-unsaturated/α-hetero) is 2. The molecule has 8 heteroatoms. The van der Waals surface area contributed by atoms with Crippen molar-refractivity contribution in [1.82, 2.24) is 9.88 Å². The molecule has 34 heavy (non-hydrogen) atoms. The number of benzene rings is 1. The van der Waals surface area contributed by atoms with Crippen molar-refractivity contribution in [2.24, 2.45) is 0 Å². The number of aromatic nitrogens is 1. The molecule has 1 saturated heterocycles. The van der Waals surface area contributed by atoms with Crippen molar-refractivity contribution in [1.29, 1.82) is 0 Å². The van der Waals surface area contributed by atoms with Crippen LogP contribution in [-0.4, -0.2) is 67.9 Å². The van der Waals surface area contributed by atoms with Crippen LogP contribution in [0, 0.1) is 0 Å². The Hall–Kier alpha value is -3.78. The molecule has 176 valence electrons. The molecule has 1 aliphatic carbocycles. The van der Waals surface area contributed by atoms with Gasteiger partial charge >= 0.3 is 0 Å². The number of ether oxygens (including phenoxy) is 3. The summed E-state index contributed by atoms with van der Waals surface area (Å²) in [7, 11) is 2.67. The summed E-state index contributed by atoms with van der Waals surface area (Å²) < 4.78 is 15.7. The number of carbonyl (C=O) groups excluding carboxylic acids is 3. The van der Waals surface area contributed by atoms with Gasteiger partial charge in [-0.05, 0) is 36.2 Å². The van der Waals surface area contributed by atoms with Gasteiger partial charge in [-0.2, -0.15) is 0 Å². The van der Waals surface area contributed by atoms with Crippen molar-refractivity contribution >= 4 is 17.5 Å². The van der Waals surface area contributed by atoms with Gasteiger partial charge in [-0.1, -0.05) is 12.1 Å². The Morgan fingerprint density at radius 1 is 1.06 bits per heavy atom. The van der Waals surface area contributed by atoms with Crippen molar-refractivity contribution < 1.29 is 28.6 Å². The molecule has 2 aromatic rings. The quantitative estimate of drug-likeness (QED) is 0.609. The molecular formula is C26H26N2O6. The molecule has 0 spiro atoms. The summed E-state index contributed by atoms with van der Waals surface area (Å²) in [6.45, 7) is 3.69. The fraction of sp³-hybridized carbons (Fsp3) is 0.308. The van der Waals surface area contributed by atoms with Crippen LogP contribution >= 0.6 is 0 Å². The number of carbonyl (C=O) groups is 3. The van der Waals surface area contributed by atoms with E-state index in [1.165, 1.54) is 14.2 Å². The van der Waals surface area contributed by atoms with Gasteiger partial charge in [-0.15, -0.1) is 0 Å². The Kier molecular flexibility index (Phi) is 6.88. The Bertz CT molecular complexity index is 1190. The minimum Gasteiger partial charge on any atom is -0.489 e. The van der Waals surface area contributed by atoms with Gasteiger partial charge in [0.15, 0.2) is 0 Å². The number of pyridine rings is 1. The molecule has 8 nitrogen and oxygen atoms in total. The molecule has 0 atom stereocenters. The molecule has 0 N–H and O–H groups in total. The van der Waals surface area contributed by atoms with E-state index in [1.54, 1.807) is 30.3 Å². The highest BCUT2D eigenvalue weighted by Gasteiger charge is 2.34. The zero-order chi connectivity index (χ0) is 24.2. The molecule has 1 aromatic carbocycles. The fourth-order valence-corrected chi connectivity index (χ4v) is 4.19. The molecule has 0 radical (unpaired) electrons. The average molecular weight is 463 g/mol. The lowest BCUT2D eigenvalue weighted by atomic mass is 9.87. The van der Waals surface area contributed by atoms with E-state index in [0.29, 0.717) is 43.0 Å². The summed E-state index contributed by atoms with van der Waals surface area (Å²) in [5.74, 6) is -1.02. The van der Waals surface area contributed by atoms with Crippen LogP contribution in [0.1, 0.15) is 22.8 Å². The number of amides is 1. The van der Waals surface area contributed by atoms with Crippen LogP contribution in [0.25, 0.3) is 11.1 Å². The lowest BCUT2D eigenvalue weighted by molar-refractivity contribution is -0.121. The summed E-state index contributed by atoms with van der Waals surface area (Å²) in [5, 5.41) is 0. The van der Waals surface area contributed by atoms with Crippen LogP contribution in [0.5, 0.6) is 0 Å². The molecule has 1 aliphatic heterocycles. The molecule has 4 rings (SSSR count). The molecule has 1 amide bonds. The fourth-order valence-electron chi connectivity index (χ4n) is 4.19. The smallest absolute Gasteiger partial charge is 0.254 e. The number of hydrogen-bond acceptors (Lipinski definition) is 7. The summed E-state index contributed by atoms with van der Waals surface area (Å²) in [5.41, 5.74) is 3.50. The highest BCUT2D eigenvalue weighted by Crippen LogP contribution is 2.31. The van der Waals surface area contributed by atoms with Crippen molar-refractivity contribution in [3.8, 4) is 11.1 Å². The lowest BCUT2D eigenvalue weighted by Crippen LogP contribution is -2.40. The number of hydrogen-bond donors (Lipinski definition) is 0. The first-order valence-corrected chi connectivity index (χ1v) is 11.0. The summed E-state index contributed by atoms with van der Waals surface area (Å²) in [6.07, 6.45) is 3.58. The zero-order valence-electron chi connectivity index (χ0n) is 19.4. The third-order valence-electron chi connectivity index (χ3n) is 6.06. The molecule has 0 saturated carbocycles. The largest absolute Gasteiger partial charge is 0.489 e. The normalized spacial score (nSPS) is 16.7. The monoisotopic (exact) mass is 462 g/mol. The summed E-state index contributed by atoms with van der Waals surface area (Å²) in [6, 6.07) is 9.16. The van der Waals surface area contributed by atoms with Gasteiger partial charge in [0.1, 0.15) is 0 Å². The van der Waals surface area contributed by atoms with Crippen LogP contribution < -0.4 is 0 Å². The molecular weight excluding hydrogens is 436 g/mol. The lowest BCUT2D eigenvalue weighted by Gasteiger charge is -2.28. The summed E-state index contributed by atoms with van der Waals surface area (Å²) in [4.78, 5) is 45.1. The van der Waals surface area contributed by atoms with Gasteiger partial charge in [0, 0.05) is 54.2 Å². The Morgan fingerprint density at radius 3 is 2.41 bits per heavy atom. The second-order valence-corrected chi connectivity index (χ2v) is 8.03. The molecule has 1 fully saturated rings. The highest BCUT2D eigenvalue weighted by molar-refractivity contribution is 6.23. The van der Waals surface area contributed by atoms with E-state index in [2.05, 4.69) is 4.98 Å². The molecule has 2 heterocycles. The first kappa shape index (κ1) is 23.4. The van der Waals surface area contributed by atoms with Gasteiger partial charge < -0.3 is 19.1 Å². The number of allylic oxidation sites excluding steroid dienone is 2. The van der Waals surface area contributed by atoms with Crippen molar-refractivity contribution in [2.75, 3.05) is 40.5 Å². The molecule has 0 bridgehead atoms. The standard InChI is InChI=1S/C26H26N2O6/c1-16-20(23(30)25(33-3)24(32-2)22(16)29)13-17-6-7-19(26(31)28-9-11-34-12-10-28)21(14-17)18-5-4-8-27-15-18/h4-8,14-15H,9-13H2,1-3H3. The van der Waals surface area contributed by atoms with Gasteiger partial charge in [0.05, 0.1) is 27.4 Å². The molecule has 1 aromatic heterocycles. The number of morpholine rings is 1. The maximum absolute atomic E-state index is 13.3. The van der Waals surface area contributed by atoms with Crippen molar-refractivity contribution in [2.45, 2.75) is 13.3 Å². The van der Waals surface area contributed by atoms with E-state index >= 15 is 0 Å². The maximum atomic E-state index is 13.3. The minimum atomic E-state index is -0.382. The number of ketones is 2. The summed E-state index contributed by atoms with van der Waals surface area (Å²) >= 11 is 0. The predicted molar refractivity (Wildman–Crippen MR) is 124 cm³/mol. The van der Waals surface area contributed by atoms with E-state index in [-0.39, 0.29) is 35.4 Å². The third kappa shape index (κ3) is 4.36. The SMILES string of the molecule is COC1=C(OC)C(=O)C(Cc2ccc(C(=O)N3CCOCC3)c(-c3cccnc3)c2)=C(C)C1=O. The number of rotatable bonds is 6. The van der Waals surface area contributed by atoms with Gasteiger partial charge in [-0.3, -0.25) is 19.4 Å². The maximum Gasteiger partial charge on any atom is 0.254 e. The topological polar surface area (TPSA) is 95.0 Å². The van der Waals surface area contributed by atoms with Crippen LogP contribution in [0.2, 0.25) is 0 Å². The molecule has 2 aliphatic rings. The van der Waals surface area contributed by atoms with Crippen LogP contribution in [0.3, 0.4) is 0 Å². The average Bonchev–Trinajstić information content (AvgIpc) is 2.89. The van der Waals surface area contributed by atoms with E-state index in [4.69, 9.17) is 14.2 Å². The van der Waals surface area contributed by atoms with Gasteiger partial charge in [-0.25, -0.2) is 0 Å². The van der Waals surface area contributed by atoms with E-state index < -0.39 is 0 Å². The van der Waals surface area contributed by atoms with Crippen LogP contribution in [0.15, 0.2) is 65.4 Å². The van der Waals surface area contributed by atoms with E-state index in [9.17, 15) is 14.4 Å². The van der Waals surface area contributed by atoms with Crippen LogP contribution in [-0.2, 0) is 30.2 Å². The van der Waals surface area contributed by atoms with Gasteiger partial charge in [0.2, 0.25) is 23.1 Å². The molecule has 0 unspecified atom stereocenters. The Morgan fingerprint density at radius 2 is 1.76 bits per heavy atom. The first-order valence-electron chi connectivity index (χ1n) is 11.0. The predicted octanol–water partition coefficient (Wildman–Crippen LogP) is 2.74. The minimum absolute atomic E-state index is 0.0811. The zero-order valence-corrected chi connectivity index (χ0v) is 19.4.